The molecule has 0 aromatic carbocycles. The minimum Gasteiger partial charge on any atom is -0.292 e. The van der Waals surface area contributed by atoms with Crippen LogP contribution in [0, 0.1) is 0 Å². The van der Waals surface area contributed by atoms with E-state index in [2.05, 4.69) is 10.1 Å². The van der Waals surface area contributed by atoms with E-state index in [9.17, 15) is 4.79 Å². The number of rotatable bonds is 5. The summed E-state index contributed by atoms with van der Waals surface area (Å²) in [5.74, 6) is 0.0139. The Balaban J connectivity index is 2.10. The molecule has 0 unspecified atom stereocenters. The lowest BCUT2D eigenvalue weighted by molar-refractivity contribution is 0.0970. The first-order chi connectivity index (χ1) is 9.09. The second kappa shape index (κ2) is 5.97. The first-order valence-corrected chi connectivity index (χ1v) is 6.62. The van der Waals surface area contributed by atoms with Gasteiger partial charge in [0.25, 0.3) is 0 Å². The van der Waals surface area contributed by atoms with E-state index in [1.165, 1.54) is 6.20 Å². The summed E-state index contributed by atoms with van der Waals surface area (Å²) in [5, 5.41) is 4.56. The minimum atomic E-state index is 0.0139. The van der Waals surface area contributed by atoms with Crippen LogP contribution in [-0.4, -0.2) is 20.5 Å². The average Bonchev–Trinajstić information content (AvgIpc) is 2.79. The fourth-order valence-electron chi connectivity index (χ4n) is 1.92. The standard InChI is InChI=1S/C14H16ClN3O/c1-10(2)18-14(12(15)9-17-18)13(19)6-5-11-4-3-7-16-8-11/h3-4,7-10H,5-6H2,1-2H3. The maximum atomic E-state index is 12.3. The van der Waals surface area contributed by atoms with E-state index in [4.69, 9.17) is 11.6 Å². The van der Waals surface area contributed by atoms with Crippen LogP contribution in [0.5, 0.6) is 0 Å². The van der Waals surface area contributed by atoms with Crippen LogP contribution in [0.1, 0.15) is 42.4 Å². The number of hydrogen-bond acceptors (Lipinski definition) is 3. The third-order valence-corrected chi connectivity index (χ3v) is 3.14. The number of pyridine rings is 1. The molecule has 0 spiro atoms. The number of halogens is 1. The molecule has 0 amide bonds. The molecule has 0 fully saturated rings. The van der Waals surface area contributed by atoms with E-state index in [0.717, 1.165) is 5.56 Å². The van der Waals surface area contributed by atoms with Gasteiger partial charge in [-0.15, -0.1) is 0 Å². The number of carbonyl (C=O) groups is 1. The molecular weight excluding hydrogens is 262 g/mol. The van der Waals surface area contributed by atoms with Crippen LogP contribution in [-0.2, 0) is 6.42 Å². The van der Waals surface area contributed by atoms with Crippen molar-refractivity contribution in [1.29, 1.82) is 0 Å². The van der Waals surface area contributed by atoms with Crippen LogP contribution in [0.2, 0.25) is 5.02 Å². The first-order valence-electron chi connectivity index (χ1n) is 6.24. The predicted octanol–water partition coefficient (Wildman–Crippen LogP) is 3.33. The second-order valence-corrected chi connectivity index (χ2v) is 5.07. The van der Waals surface area contributed by atoms with Crippen LogP contribution in [0.25, 0.3) is 0 Å². The van der Waals surface area contributed by atoms with Crippen LogP contribution in [0.15, 0.2) is 30.7 Å². The molecule has 2 aromatic rings. The zero-order chi connectivity index (χ0) is 13.8. The van der Waals surface area contributed by atoms with Gasteiger partial charge in [0.05, 0.1) is 11.2 Å². The topological polar surface area (TPSA) is 47.8 Å². The van der Waals surface area contributed by atoms with Crippen LogP contribution in [0.3, 0.4) is 0 Å². The number of nitrogens with zero attached hydrogens (tertiary/aromatic N) is 3. The highest BCUT2D eigenvalue weighted by Gasteiger charge is 2.18. The monoisotopic (exact) mass is 277 g/mol. The normalized spacial score (nSPS) is 10.9. The third-order valence-electron chi connectivity index (χ3n) is 2.87. The summed E-state index contributed by atoms with van der Waals surface area (Å²) in [6, 6.07) is 3.94. The number of aryl methyl sites for hydroxylation is 1. The molecule has 2 aromatic heterocycles. The molecule has 0 saturated heterocycles. The lowest BCUT2D eigenvalue weighted by Crippen LogP contribution is -2.13. The summed E-state index contributed by atoms with van der Waals surface area (Å²) in [5.41, 5.74) is 1.54. The Morgan fingerprint density at radius 1 is 1.42 bits per heavy atom. The Morgan fingerprint density at radius 2 is 2.21 bits per heavy atom. The van der Waals surface area contributed by atoms with Gasteiger partial charge in [0.1, 0.15) is 5.69 Å². The molecule has 2 heterocycles. The van der Waals surface area contributed by atoms with Gasteiger partial charge >= 0.3 is 0 Å². The van der Waals surface area contributed by atoms with Gasteiger partial charge in [-0.3, -0.25) is 14.5 Å². The van der Waals surface area contributed by atoms with Crippen molar-refractivity contribution < 1.29 is 4.79 Å². The van der Waals surface area contributed by atoms with Crippen LogP contribution in [0.4, 0.5) is 0 Å². The molecule has 0 atom stereocenters. The molecule has 4 nitrogen and oxygen atoms in total. The van der Waals surface area contributed by atoms with E-state index in [1.54, 1.807) is 17.1 Å². The van der Waals surface area contributed by atoms with Crippen LogP contribution < -0.4 is 0 Å². The Morgan fingerprint density at radius 3 is 2.84 bits per heavy atom. The minimum absolute atomic E-state index is 0.0139. The van der Waals surface area contributed by atoms with Gasteiger partial charge in [-0.1, -0.05) is 17.7 Å². The second-order valence-electron chi connectivity index (χ2n) is 4.66. The lowest BCUT2D eigenvalue weighted by Gasteiger charge is -2.10. The number of aromatic nitrogens is 3. The van der Waals surface area contributed by atoms with E-state index in [-0.39, 0.29) is 11.8 Å². The molecule has 0 aliphatic carbocycles. The summed E-state index contributed by atoms with van der Waals surface area (Å²) < 4.78 is 1.67. The highest BCUT2D eigenvalue weighted by atomic mass is 35.5. The van der Waals surface area contributed by atoms with E-state index >= 15 is 0 Å². The largest absolute Gasteiger partial charge is 0.292 e. The van der Waals surface area contributed by atoms with Crippen molar-refractivity contribution in [3.05, 3.63) is 47.0 Å². The molecule has 0 aliphatic rings. The SMILES string of the molecule is CC(C)n1ncc(Cl)c1C(=O)CCc1cccnc1. The zero-order valence-corrected chi connectivity index (χ0v) is 11.8. The van der Waals surface area contributed by atoms with Crippen molar-refractivity contribution >= 4 is 17.4 Å². The molecule has 0 saturated carbocycles. The zero-order valence-electron chi connectivity index (χ0n) is 11.0. The Kier molecular flexibility index (Phi) is 4.32. The Bertz CT molecular complexity index is 563. The fourth-order valence-corrected chi connectivity index (χ4v) is 2.15. The number of Topliss-reactive ketones (excluding diaryl/α,β-unsaturated/α-hetero) is 1. The number of hydrogen-bond donors (Lipinski definition) is 0. The molecule has 2 rings (SSSR count). The molecule has 0 aliphatic heterocycles. The van der Waals surface area contributed by atoms with Gasteiger partial charge in [-0.2, -0.15) is 5.10 Å². The average molecular weight is 278 g/mol. The molecule has 100 valence electrons. The fraction of sp³-hybridized carbons (Fsp3) is 0.357. The first kappa shape index (κ1) is 13.7. The molecule has 0 bridgehead atoms. The quantitative estimate of drug-likeness (QED) is 0.788. The molecule has 19 heavy (non-hydrogen) atoms. The van der Waals surface area contributed by atoms with Gasteiger partial charge in [0.15, 0.2) is 5.78 Å². The lowest BCUT2D eigenvalue weighted by atomic mass is 10.1. The van der Waals surface area contributed by atoms with Gasteiger partial charge in [-0.25, -0.2) is 0 Å². The van der Waals surface area contributed by atoms with Crippen molar-refractivity contribution in [3.63, 3.8) is 0 Å². The van der Waals surface area contributed by atoms with Crippen molar-refractivity contribution in [1.82, 2.24) is 14.8 Å². The van der Waals surface area contributed by atoms with Crippen molar-refractivity contribution in [3.8, 4) is 0 Å². The molecule has 0 radical (unpaired) electrons. The smallest absolute Gasteiger partial charge is 0.182 e. The van der Waals surface area contributed by atoms with Crippen LogP contribution >= 0.6 is 11.6 Å². The Labute approximate surface area is 117 Å². The maximum absolute atomic E-state index is 12.3. The van der Waals surface area contributed by atoms with Crippen molar-refractivity contribution in [2.75, 3.05) is 0 Å². The van der Waals surface area contributed by atoms with Gasteiger partial charge in [-0.05, 0) is 31.9 Å². The highest BCUT2D eigenvalue weighted by Crippen LogP contribution is 2.21. The summed E-state index contributed by atoms with van der Waals surface area (Å²) >= 11 is 6.05. The summed E-state index contributed by atoms with van der Waals surface area (Å²) in [4.78, 5) is 16.3. The third kappa shape index (κ3) is 3.20. The molecular formula is C14H16ClN3O. The van der Waals surface area contributed by atoms with E-state index in [1.807, 2.05) is 26.0 Å². The van der Waals surface area contributed by atoms with E-state index in [0.29, 0.717) is 23.6 Å². The maximum Gasteiger partial charge on any atom is 0.182 e. The highest BCUT2D eigenvalue weighted by molar-refractivity contribution is 6.33. The van der Waals surface area contributed by atoms with Crippen molar-refractivity contribution in [2.24, 2.45) is 0 Å². The summed E-state index contributed by atoms with van der Waals surface area (Å²) in [7, 11) is 0. The number of carbonyl (C=O) groups excluding carboxylic acids is 1. The molecule has 5 heteroatoms. The summed E-state index contributed by atoms with van der Waals surface area (Å²) in [6.45, 7) is 3.95. The van der Waals surface area contributed by atoms with Gasteiger partial charge in [0.2, 0.25) is 0 Å². The Hall–Kier alpha value is -1.68. The summed E-state index contributed by atoms with van der Waals surface area (Å²) in [6.07, 6.45) is 6.08. The van der Waals surface area contributed by atoms with Gasteiger partial charge in [0, 0.05) is 24.9 Å². The predicted molar refractivity (Wildman–Crippen MR) is 74.5 cm³/mol. The van der Waals surface area contributed by atoms with E-state index < -0.39 is 0 Å². The van der Waals surface area contributed by atoms with Gasteiger partial charge < -0.3 is 0 Å². The van der Waals surface area contributed by atoms with Crippen molar-refractivity contribution in [2.45, 2.75) is 32.7 Å². The number of ketones is 1. The molecule has 0 N–H and O–H groups in total.